The van der Waals surface area contributed by atoms with Crippen molar-refractivity contribution in [2.45, 2.75) is 18.9 Å². The van der Waals surface area contributed by atoms with Crippen LogP contribution in [0.4, 0.5) is 0 Å². The molecule has 0 aromatic carbocycles. The highest BCUT2D eigenvalue weighted by Crippen LogP contribution is 2.06. The summed E-state index contributed by atoms with van der Waals surface area (Å²) in [5.41, 5.74) is 0. The molecule has 94 valence electrons. The Kier molecular flexibility index (Phi) is 5.98. The van der Waals surface area contributed by atoms with Gasteiger partial charge in [-0.3, -0.25) is 9.59 Å². The fourth-order valence-electron chi connectivity index (χ4n) is 1.29. The molecule has 0 amide bonds. The van der Waals surface area contributed by atoms with E-state index in [9.17, 15) is 9.59 Å². The number of rotatable bonds is 7. The Morgan fingerprint density at radius 1 is 1.31 bits per heavy atom. The lowest BCUT2D eigenvalue weighted by atomic mass is 10.2. The van der Waals surface area contributed by atoms with E-state index in [1.165, 1.54) is 0 Å². The van der Waals surface area contributed by atoms with Crippen molar-refractivity contribution >= 4 is 11.9 Å². The Morgan fingerprint density at radius 2 is 1.88 bits per heavy atom. The van der Waals surface area contributed by atoms with Gasteiger partial charge in [-0.2, -0.15) is 0 Å². The van der Waals surface area contributed by atoms with E-state index in [0.29, 0.717) is 11.0 Å². The number of hydrogen-bond donors (Lipinski definition) is 2. The van der Waals surface area contributed by atoms with Crippen LogP contribution in [0.15, 0.2) is 0 Å². The third-order valence-electron chi connectivity index (χ3n) is 1.77. The summed E-state index contributed by atoms with van der Waals surface area (Å²) >= 11 is 0. The molecule has 0 fully saturated rings. The molecule has 0 aliphatic heterocycles. The van der Waals surface area contributed by atoms with Crippen LogP contribution >= 0.6 is 0 Å². The molecule has 16 heavy (non-hydrogen) atoms. The summed E-state index contributed by atoms with van der Waals surface area (Å²) in [5.74, 6) is -1.57. The minimum absolute atomic E-state index is 0.104. The lowest BCUT2D eigenvalue weighted by Crippen LogP contribution is -2.43. The van der Waals surface area contributed by atoms with Crippen LogP contribution in [0, 0.1) is 0 Å². The van der Waals surface area contributed by atoms with Gasteiger partial charge in [0.2, 0.25) is 0 Å². The van der Waals surface area contributed by atoms with E-state index in [-0.39, 0.29) is 19.4 Å². The zero-order valence-corrected chi connectivity index (χ0v) is 9.97. The number of nitrogens with zero attached hydrogens (tertiary/aromatic N) is 1. The summed E-state index contributed by atoms with van der Waals surface area (Å²) in [4.78, 5) is 21.7. The van der Waals surface area contributed by atoms with Gasteiger partial charge in [-0.1, -0.05) is 0 Å². The summed E-state index contributed by atoms with van der Waals surface area (Å²) in [5, 5.41) is 17.2. The topological polar surface area (TPSA) is 83.8 Å². The molecule has 1 atom stereocenters. The van der Waals surface area contributed by atoms with Crippen LogP contribution in [0.25, 0.3) is 0 Å². The lowest BCUT2D eigenvalue weighted by Gasteiger charge is -2.28. The Hall–Kier alpha value is -1.14. The molecule has 0 saturated heterocycles. The van der Waals surface area contributed by atoms with E-state index in [1.807, 2.05) is 21.1 Å². The number of esters is 1. The van der Waals surface area contributed by atoms with E-state index in [1.54, 1.807) is 0 Å². The monoisotopic (exact) mass is 234 g/mol. The van der Waals surface area contributed by atoms with Gasteiger partial charge in [0.25, 0.3) is 0 Å². The van der Waals surface area contributed by atoms with Gasteiger partial charge in [0, 0.05) is 0 Å². The van der Waals surface area contributed by atoms with Crippen LogP contribution in [-0.4, -0.2) is 67.0 Å². The van der Waals surface area contributed by atoms with E-state index in [2.05, 4.69) is 0 Å². The SMILES string of the molecule is C[N+](C)(C)CC(CC(=O)O)OC(=O)CCO. The highest BCUT2D eigenvalue weighted by Gasteiger charge is 2.24. The summed E-state index contributed by atoms with van der Waals surface area (Å²) in [6.07, 6.45) is -0.975. The first-order chi connectivity index (χ1) is 7.24. The number of likely N-dealkylation sites (N-methyl/N-ethyl adjacent to an activating group) is 1. The predicted octanol–water partition coefficient (Wildman–Crippen LogP) is -0.538. The first-order valence-corrected chi connectivity index (χ1v) is 5.07. The van der Waals surface area contributed by atoms with Gasteiger partial charge < -0.3 is 19.4 Å². The molecular formula is C10H20NO5+. The Labute approximate surface area is 95.0 Å². The molecular weight excluding hydrogens is 214 g/mol. The van der Waals surface area contributed by atoms with Crippen molar-refractivity contribution in [1.82, 2.24) is 0 Å². The lowest BCUT2D eigenvalue weighted by molar-refractivity contribution is -0.873. The molecule has 0 spiro atoms. The van der Waals surface area contributed by atoms with Crippen molar-refractivity contribution in [2.75, 3.05) is 34.3 Å². The largest absolute Gasteiger partial charge is 0.481 e. The molecule has 6 nitrogen and oxygen atoms in total. The maximum Gasteiger partial charge on any atom is 0.308 e. The zero-order valence-electron chi connectivity index (χ0n) is 9.97. The average molecular weight is 234 g/mol. The molecule has 0 aliphatic rings. The Bertz CT molecular complexity index is 246. The second-order valence-electron chi connectivity index (χ2n) is 4.66. The normalized spacial score (nSPS) is 13.2. The van der Waals surface area contributed by atoms with Gasteiger partial charge in [-0.25, -0.2) is 0 Å². The van der Waals surface area contributed by atoms with Gasteiger partial charge in [0.05, 0.1) is 40.6 Å². The van der Waals surface area contributed by atoms with Gasteiger partial charge >= 0.3 is 11.9 Å². The molecule has 0 radical (unpaired) electrons. The summed E-state index contributed by atoms with van der Waals surface area (Å²) in [6, 6.07) is 0. The number of carboxylic acid groups (broad SMARTS) is 1. The van der Waals surface area contributed by atoms with Gasteiger partial charge in [-0.15, -0.1) is 0 Å². The van der Waals surface area contributed by atoms with Crippen molar-refractivity contribution in [3.05, 3.63) is 0 Å². The number of aliphatic carboxylic acids is 1. The van der Waals surface area contributed by atoms with Gasteiger partial charge in [0.1, 0.15) is 6.54 Å². The number of carbonyl (C=O) groups excluding carboxylic acids is 1. The summed E-state index contributed by atoms with van der Waals surface area (Å²) in [6.45, 7) is 0.131. The Morgan fingerprint density at radius 3 is 2.25 bits per heavy atom. The third-order valence-corrected chi connectivity index (χ3v) is 1.77. The van der Waals surface area contributed by atoms with E-state index in [0.717, 1.165) is 0 Å². The zero-order chi connectivity index (χ0) is 12.8. The third kappa shape index (κ3) is 8.19. The van der Waals surface area contributed by atoms with Crippen LogP contribution in [0.5, 0.6) is 0 Å². The smallest absolute Gasteiger partial charge is 0.308 e. The van der Waals surface area contributed by atoms with Crippen molar-refractivity contribution in [3.63, 3.8) is 0 Å². The van der Waals surface area contributed by atoms with Crippen molar-refractivity contribution < 1.29 is 29.0 Å². The maximum absolute atomic E-state index is 11.1. The molecule has 0 heterocycles. The fraction of sp³-hybridized carbons (Fsp3) is 0.800. The molecule has 0 aromatic heterocycles. The first-order valence-electron chi connectivity index (χ1n) is 5.07. The number of aliphatic hydroxyl groups is 1. The molecule has 0 aromatic rings. The number of carboxylic acids is 1. The molecule has 0 bridgehead atoms. The molecule has 1 unspecified atom stereocenters. The van der Waals surface area contributed by atoms with E-state index >= 15 is 0 Å². The maximum atomic E-state index is 11.1. The van der Waals surface area contributed by atoms with Crippen LogP contribution in [0.2, 0.25) is 0 Å². The van der Waals surface area contributed by atoms with Crippen LogP contribution in [-0.2, 0) is 14.3 Å². The number of quaternary nitrogens is 1. The molecule has 0 aliphatic carbocycles. The van der Waals surface area contributed by atoms with Gasteiger partial charge in [-0.05, 0) is 0 Å². The second kappa shape index (κ2) is 6.44. The number of hydrogen-bond acceptors (Lipinski definition) is 4. The Balaban J connectivity index is 4.31. The van der Waals surface area contributed by atoms with Crippen LogP contribution < -0.4 is 0 Å². The highest BCUT2D eigenvalue weighted by atomic mass is 16.5. The van der Waals surface area contributed by atoms with Crippen LogP contribution in [0.3, 0.4) is 0 Å². The first kappa shape index (κ1) is 14.9. The second-order valence-corrected chi connectivity index (χ2v) is 4.66. The summed E-state index contributed by atoms with van der Waals surface area (Å²) < 4.78 is 5.49. The van der Waals surface area contributed by atoms with Crippen molar-refractivity contribution in [2.24, 2.45) is 0 Å². The summed E-state index contributed by atoms with van der Waals surface area (Å²) in [7, 11) is 5.65. The molecule has 0 rings (SSSR count). The van der Waals surface area contributed by atoms with Crippen molar-refractivity contribution in [3.8, 4) is 0 Å². The average Bonchev–Trinajstić information content (AvgIpc) is 1.98. The molecule has 2 N–H and O–H groups in total. The highest BCUT2D eigenvalue weighted by molar-refractivity contribution is 5.71. The minimum atomic E-state index is -1.00. The quantitative estimate of drug-likeness (QED) is 0.456. The van der Waals surface area contributed by atoms with Crippen molar-refractivity contribution in [1.29, 1.82) is 0 Å². The van der Waals surface area contributed by atoms with E-state index in [4.69, 9.17) is 14.9 Å². The number of aliphatic hydroxyl groups excluding tert-OH is 1. The number of ether oxygens (including phenoxy) is 1. The predicted molar refractivity (Wildman–Crippen MR) is 56.7 cm³/mol. The van der Waals surface area contributed by atoms with Crippen LogP contribution in [0.1, 0.15) is 12.8 Å². The fourth-order valence-corrected chi connectivity index (χ4v) is 1.29. The van der Waals surface area contributed by atoms with Gasteiger partial charge in [0.15, 0.2) is 6.10 Å². The standard InChI is InChI=1S/C10H19NO5/c1-11(2,3)7-8(6-9(13)14)16-10(15)4-5-12/h8,12H,4-7H2,1-3H3/p+1. The molecule has 0 saturated carbocycles. The van der Waals surface area contributed by atoms with E-state index < -0.39 is 18.0 Å². The molecule has 6 heteroatoms. The minimum Gasteiger partial charge on any atom is -0.481 e. The number of carbonyl (C=O) groups is 2.